The minimum Gasteiger partial charge on any atom is -0.296 e. The van der Waals surface area contributed by atoms with Gasteiger partial charge in [-0.3, -0.25) is 14.9 Å². The number of carbonyl (C=O) groups excluding carboxylic acids is 2. The summed E-state index contributed by atoms with van der Waals surface area (Å²) in [5.41, 5.74) is 2.09. The third kappa shape index (κ3) is 1.28. The summed E-state index contributed by atoms with van der Waals surface area (Å²) >= 11 is 0. The van der Waals surface area contributed by atoms with Gasteiger partial charge < -0.3 is 0 Å². The summed E-state index contributed by atoms with van der Waals surface area (Å²) in [7, 11) is 0. The first-order chi connectivity index (χ1) is 7.70. The first kappa shape index (κ1) is 9.58. The van der Waals surface area contributed by atoms with E-state index in [1.807, 2.05) is 12.1 Å². The lowest BCUT2D eigenvalue weighted by atomic mass is 9.70. The monoisotopic (exact) mass is 215 g/mol. The van der Waals surface area contributed by atoms with Crippen LogP contribution in [-0.4, -0.2) is 11.8 Å². The van der Waals surface area contributed by atoms with E-state index in [4.69, 9.17) is 0 Å². The van der Waals surface area contributed by atoms with E-state index in [1.54, 1.807) is 0 Å². The maximum absolute atomic E-state index is 11.8. The summed E-state index contributed by atoms with van der Waals surface area (Å²) in [5.74, 6) is -0.198. The zero-order valence-corrected chi connectivity index (χ0v) is 8.95. The highest BCUT2D eigenvalue weighted by atomic mass is 16.2. The zero-order chi connectivity index (χ0) is 11.2. The van der Waals surface area contributed by atoms with Gasteiger partial charge in [-0.15, -0.1) is 0 Å². The van der Waals surface area contributed by atoms with Crippen molar-refractivity contribution in [3.8, 4) is 0 Å². The van der Waals surface area contributed by atoms with Crippen LogP contribution in [0.15, 0.2) is 24.3 Å². The Morgan fingerprint density at radius 1 is 1.06 bits per heavy atom. The van der Waals surface area contributed by atoms with Crippen LogP contribution >= 0.6 is 0 Å². The predicted octanol–water partition coefficient (Wildman–Crippen LogP) is 1.21. The van der Waals surface area contributed by atoms with E-state index in [1.165, 1.54) is 11.1 Å². The topological polar surface area (TPSA) is 46.2 Å². The second kappa shape index (κ2) is 3.17. The van der Waals surface area contributed by atoms with Crippen LogP contribution in [0.5, 0.6) is 0 Å². The molecule has 2 aliphatic rings. The summed E-state index contributed by atoms with van der Waals surface area (Å²) < 4.78 is 0. The van der Waals surface area contributed by atoms with E-state index < -0.39 is 5.41 Å². The maximum Gasteiger partial charge on any atom is 0.233 e. The van der Waals surface area contributed by atoms with Crippen molar-refractivity contribution in [3.05, 3.63) is 35.4 Å². The molecule has 3 heteroatoms. The molecular formula is C13H13NO2. The molecular weight excluding hydrogens is 202 g/mol. The highest BCUT2D eigenvalue weighted by molar-refractivity contribution is 6.06. The largest absolute Gasteiger partial charge is 0.296 e. The summed E-state index contributed by atoms with van der Waals surface area (Å²) in [5, 5.41) is 2.43. The molecule has 0 bridgehead atoms. The number of nitrogens with one attached hydrogen (secondary N) is 1. The first-order valence-electron chi connectivity index (χ1n) is 5.61. The average Bonchev–Trinajstić information content (AvgIpc) is 2.53. The number of benzene rings is 1. The first-order valence-corrected chi connectivity index (χ1v) is 5.61. The molecule has 2 amide bonds. The second-order valence-electron chi connectivity index (χ2n) is 4.78. The number of amides is 2. The van der Waals surface area contributed by atoms with Gasteiger partial charge in [0.2, 0.25) is 11.8 Å². The highest BCUT2D eigenvalue weighted by Gasteiger charge is 2.47. The third-order valence-corrected chi connectivity index (χ3v) is 3.75. The smallest absolute Gasteiger partial charge is 0.233 e. The Bertz CT molecular complexity index is 481. The second-order valence-corrected chi connectivity index (χ2v) is 4.78. The normalized spacial score (nSPS) is 28.0. The molecule has 1 aliphatic carbocycles. The fourth-order valence-electron chi connectivity index (χ4n) is 2.84. The molecule has 1 aromatic carbocycles. The molecule has 0 radical (unpaired) electrons. The Kier molecular flexibility index (Phi) is 1.90. The van der Waals surface area contributed by atoms with Crippen LogP contribution in [0.1, 0.15) is 24.0 Å². The van der Waals surface area contributed by atoms with E-state index in [0.29, 0.717) is 12.8 Å². The Balaban J connectivity index is 1.98. The van der Waals surface area contributed by atoms with Crippen LogP contribution in [0.3, 0.4) is 0 Å². The molecule has 0 aromatic heterocycles. The standard InChI is InChI=1S/C13H13NO2/c15-11-8-13(12(16)14-11)6-5-9-3-1-2-4-10(9)7-13/h1-4H,5-8H2,(H,14,15,16)/t13-/m1/s1. The van der Waals surface area contributed by atoms with Crippen LogP contribution in [0.25, 0.3) is 0 Å². The molecule has 1 N–H and O–H groups in total. The van der Waals surface area contributed by atoms with Crippen molar-refractivity contribution in [2.75, 3.05) is 0 Å². The molecule has 1 spiro atoms. The number of fused-ring (bicyclic) bond motifs is 1. The lowest BCUT2D eigenvalue weighted by Crippen LogP contribution is -2.36. The van der Waals surface area contributed by atoms with Crippen molar-refractivity contribution in [2.24, 2.45) is 5.41 Å². The number of imide groups is 1. The summed E-state index contributed by atoms with van der Waals surface area (Å²) in [6, 6.07) is 8.19. The Labute approximate surface area is 93.8 Å². The molecule has 0 saturated carbocycles. The van der Waals surface area contributed by atoms with E-state index in [-0.39, 0.29) is 11.8 Å². The minimum atomic E-state index is -0.453. The fourth-order valence-corrected chi connectivity index (χ4v) is 2.84. The molecule has 82 valence electrons. The maximum atomic E-state index is 11.8. The van der Waals surface area contributed by atoms with Gasteiger partial charge in [-0.1, -0.05) is 24.3 Å². The van der Waals surface area contributed by atoms with Crippen LogP contribution in [0.2, 0.25) is 0 Å². The van der Waals surface area contributed by atoms with Gasteiger partial charge in [-0.05, 0) is 30.4 Å². The minimum absolute atomic E-state index is 0.0768. The van der Waals surface area contributed by atoms with Gasteiger partial charge in [-0.2, -0.15) is 0 Å². The average molecular weight is 215 g/mol. The van der Waals surface area contributed by atoms with Gasteiger partial charge in [0.25, 0.3) is 0 Å². The van der Waals surface area contributed by atoms with E-state index in [2.05, 4.69) is 17.4 Å². The molecule has 0 unspecified atom stereocenters. The summed E-state index contributed by atoms with van der Waals surface area (Å²) in [6.07, 6.45) is 2.76. The molecule has 1 aromatic rings. The molecule has 3 nitrogen and oxygen atoms in total. The van der Waals surface area contributed by atoms with Crippen molar-refractivity contribution in [1.82, 2.24) is 5.32 Å². The zero-order valence-electron chi connectivity index (χ0n) is 8.95. The Morgan fingerprint density at radius 3 is 2.50 bits per heavy atom. The van der Waals surface area contributed by atoms with Crippen molar-refractivity contribution in [1.29, 1.82) is 0 Å². The molecule has 1 fully saturated rings. The lowest BCUT2D eigenvalue weighted by Gasteiger charge is -2.31. The van der Waals surface area contributed by atoms with Crippen LogP contribution in [-0.2, 0) is 22.4 Å². The molecule has 16 heavy (non-hydrogen) atoms. The van der Waals surface area contributed by atoms with E-state index >= 15 is 0 Å². The van der Waals surface area contributed by atoms with Gasteiger partial charge in [-0.25, -0.2) is 0 Å². The van der Waals surface area contributed by atoms with E-state index in [9.17, 15) is 9.59 Å². The van der Waals surface area contributed by atoms with Gasteiger partial charge in [0.1, 0.15) is 0 Å². The van der Waals surface area contributed by atoms with Crippen LogP contribution < -0.4 is 5.32 Å². The van der Waals surface area contributed by atoms with Gasteiger partial charge >= 0.3 is 0 Å². The number of rotatable bonds is 0. The number of hydrogen-bond donors (Lipinski definition) is 1. The van der Waals surface area contributed by atoms with Crippen molar-refractivity contribution in [3.63, 3.8) is 0 Å². The van der Waals surface area contributed by atoms with Gasteiger partial charge in [0.15, 0.2) is 0 Å². The van der Waals surface area contributed by atoms with Gasteiger partial charge in [0, 0.05) is 6.42 Å². The molecule has 1 aliphatic heterocycles. The Morgan fingerprint density at radius 2 is 1.81 bits per heavy atom. The fraction of sp³-hybridized carbons (Fsp3) is 0.385. The lowest BCUT2D eigenvalue weighted by molar-refractivity contribution is -0.129. The van der Waals surface area contributed by atoms with Crippen LogP contribution in [0.4, 0.5) is 0 Å². The number of carbonyl (C=O) groups is 2. The Hall–Kier alpha value is -1.64. The molecule has 1 heterocycles. The van der Waals surface area contributed by atoms with Crippen LogP contribution in [0, 0.1) is 5.41 Å². The van der Waals surface area contributed by atoms with Crippen molar-refractivity contribution < 1.29 is 9.59 Å². The van der Waals surface area contributed by atoms with E-state index in [0.717, 1.165) is 12.8 Å². The van der Waals surface area contributed by atoms with Gasteiger partial charge in [0.05, 0.1) is 5.41 Å². The predicted molar refractivity (Wildman–Crippen MR) is 58.7 cm³/mol. The quantitative estimate of drug-likeness (QED) is 0.661. The summed E-state index contributed by atoms with van der Waals surface area (Å²) in [4.78, 5) is 23.1. The molecule has 1 saturated heterocycles. The summed E-state index contributed by atoms with van der Waals surface area (Å²) in [6.45, 7) is 0. The number of aryl methyl sites for hydroxylation is 1. The molecule has 3 rings (SSSR count). The SMILES string of the molecule is O=C1C[C@]2(CCc3ccccc3C2)C(=O)N1. The van der Waals surface area contributed by atoms with Crippen molar-refractivity contribution >= 4 is 11.8 Å². The third-order valence-electron chi connectivity index (χ3n) is 3.75. The van der Waals surface area contributed by atoms with Crippen molar-refractivity contribution in [2.45, 2.75) is 25.7 Å². The highest BCUT2D eigenvalue weighted by Crippen LogP contribution is 2.41. The molecule has 1 atom stereocenters. The number of hydrogen-bond acceptors (Lipinski definition) is 2.